The van der Waals surface area contributed by atoms with E-state index in [0.29, 0.717) is 18.7 Å². The molecule has 6 nitrogen and oxygen atoms in total. The summed E-state index contributed by atoms with van der Waals surface area (Å²) in [5.74, 6) is -0.163. The number of hydrogen-bond donors (Lipinski definition) is 1. The molecule has 3 aromatic heterocycles. The summed E-state index contributed by atoms with van der Waals surface area (Å²) in [6.07, 6.45) is 9.40. The molecule has 1 aromatic carbocycles. The number of para-hydroxylation sites is 2. The second-order valence-corrected chi connectivity index (χ2v) is 5.86. The lowest BCUT2D eigenvalue weighted by Crippen LogP contribution is -2.23. The molecule has 1 amide bonds. The van der Waals surface area contributed by atoms with Crippen molar-refractivity contribution in [2.45, 2.75) is 6.42 Å². The molecule has 3 heterocycles. The molecule has 128 valence electrons. The first kappa shape index (κ1) is 16.0. The van der Waals surface area contributed by atoms with Gasteiger partial charge in [0.15, 0.2) is 0 Å². The molecule has 0 fully saturated rings. The zero-order valence-electron chi connectivity index (χ0n) is 14.0. The molecular weight excluding hydrogens is 326 g/mol. The second-order valence-electron chi connectivity index (χ2n) is 5.86. The third kappa shape index (κ3) is 3.59. The van der Waals surface area contributed by atoms with Gasteiger partial charge in [0.25, 0.3) is 0 Å². The molecule has 0 aliphatic rings. The summed E-state index contributed by atoms with van der Waals surface area (Å²) >= 11 is 0. The zero-order valence-corrected chi connectivity index (χ0v) is 14.0. The Balaban J connectivity index is 1.33. The van der Waals surface area contributed by atoms with Gasteiger partial charge in [-0.2, -0.15) is 0 Å². The van der Waals surface area contributed by atoms with Gasteiger partial charge in [-0.3, -0.25) is 9.78 Å². The summed E-state index contributed by atoms with van der Waals surface area (Å²) in [6.45, 7) is 0.524. The minimum atomic E-state index is -0.163. The van der Waals surface area contributed by atoms with Crippen LogP contribution in [0.2, 0.25) is 0 Å². The number of benzene rings is 1. The quantitative estimate of drug-likeness (QED) is 0.566. The molecule has 0 atom stereocenters. The van der Waals surface area contributed by atoms with Gasteiger partial charge in [-0.1, -0.05) is 18.2 Å². The Morgan fingerprint density at radius 2 is 1.92 bits per heavy atom. The van der Waals surface area contributed by atoms with Gasteiger partial charge in [-0.05, 0) is 30.3 Å². The van der Waals surface area contributed by atoms with Crippen LogP contribution in [0.15, 0.2) is 67.1 Å². The Labute approximate surface area is 150 Å². The maximum atomic E-state index is 12.0. The fourth-order valence-electron chi connectivity index (χ4n) is 2.69. The molecule has 0 aliphatic carbocycles. The second kappa shape index (κ2) is 7.14. The van der Waals surface area contributed by atoms with E-state index in [1.807, 2.05) is 59.3 Å². The summed E-state index contributed by atoms with van der Waals surface area (Å²) in [4.78, 5) is 25.3. The fraction of sp³-hybridized carbons (Fsp3) is 0.100. The Morgan fingerprint density at radius 3 is 2.81 bits per heavy atom. The van der Waals surface area contributed by atoms with E-state index < -0.39 is 0 Å². The van der Waals surface area contributed by atoms with Crippen molar-refractivity contribution in [3.05, 3.63) is 78.5 Å². The fourth-order valence-corrected chi connectivity index (χ4v) is 2.69. The number of imidazole rings is 1. The Kier molecular flexibility index (Phi) is 4.38. The standard InChI is InChI=1S/C20H17N5O/c26-20(9-8-15-13-22-17-5-1-2-6-18(17)23-15)21-11-10-16-14-25-12-4-3-7-19(25)24-16/h1-9,12-14H,10-11H2,(H,21,26)/b9-8+. The predicted molar refractivity (Wildman–Crippen MR) is 100 cm³/mol. The number of carbonyl (C=O) groups excluding carboxylic acids is 1. The van der Waals surface area contributed by atoms with E-state index in [4.69, 9.17) is 0 Å². The molecule has 0 spiro atoms. The molecule has 0 aliphatic heterocycles. The van der Waals surface area contributed by atoms with Crippen LogP contribution in [0.1, 0.15) is 11.4 Å². The van der Waals surface area contributed by atoms with E-state index >= 15 is 0 Å². The molecule has 0 saturated carbocycles. The molecule has 0 bridgehead atoms. The summed E-state index contributed by atoms with van der Waals surface area (Å²) < 4.78 is 1.97. The monoisotopic (exact) mass is 343 g/mol. The molecule has 1 N–H and O–H groups in total. The van der Waals surface area contributed by atoms with Crippen molar-refractivity contribution in [2.75, 3.05) is 6.54 Å². The van der Waals surface area contributed by atoms with E-state index in [1.54, 1.807) is 12.3 Å². The first-order valence-electron chi connectivity index (χ1n) is 8.38. The van der Waals surface area contributed by atoms with Crippen molar-refractivity contribution < 1.29 is 4.79 Å². The van der Waals surface area contributed by atoms with Crippen LogP contribution >= 0.6 is 0 Å². The first-order chi connectivity index (χ1) is 12.8. The highest BCUT2D eigenvalue weighted by molar-refractivity contribution is 5.91. The number of hydrogen-bond acceptors (Lipinski definition) is 4. The third-order valence-electron chi connectivity index (χ3n) is 3.97. The highest BCUT2D eigenvalue weighted by atomic mass is 16.1. The van der Waals surface area contributed by atoms with Crippen molar-refractivity contribution in [1.82, 2.24) is 24.7 Å². The van der Waals surface area contributed by atoms with Crippen molar-refractivity contribution in [3.8, 4) is 0 Å². The van der Waals surface area contributed by atoms with Crippen LogP contribution < -0.4 is 5.32 Å². The van der Waals surface area contributed by atoms with E-state index in [1.165, 1.54) is 6.08 Å². The van der Waals surface area contributed by atoms with Gasteiger partial charge in [0, 0.05) is 31.4 Å². The van der Waals surface area contributed by atoms with Gasteiger partial charge in [-0.15, -0.1) is 0 Å². The molecule has 0 unspecified atom stereocenters. The first-order valence-corrected chi connectivity index (χ1v) is 8.38. The molecular formula is C20H17N5O. The molecule has 4 aromatic rings. The van der Waals surface area contributed by atoms with Gasteiger partial charge in [-0.25, -0.2) is 9.97 Å². The van der Waals surface area contributed by atoms with Crippen molar-refractivity contribution in [3.63, 3.8) is 0 Å². The highest BCUT2D eigenvalue weighted by Gasteiger charge is 2.02. The Bertz CT molecular complexity index is 1070. The van der Waals surface area contributed by atoms with E-state index in [0.717, 1.165) is 22.4 Å². The largest absolute Gasteiger partial charge is 0.352 e. The van der Waals surface area contributed by atoms with Crippen LogP contribution in [0.5, 0.6) is 0 Å². The minimum absolute atomic E-state index is 0.163. The lowest BCUT2D eigenvalue weighted by Gasteiger charge is -2.00. The molecule has 4 rings (SSSR count). The average molecular weight is 343 g/mol. The van der Waals surface area contributed by atoms with Crippen molar-refractivity contribution in [2.24, 2.45) is 0 Å². The highest BCUT2D eigenvalue weighted by Crippen LogP contribution is 2.09. The lowest BCUT2D eigenvalue weighted by atomic mass is 10.3. The van der Waals surface area contributed by atoms with Crippen LogP contribution in [0.3, 0.4) is 0 Å². The lowest BCUT2D eigenvalue weighted by molar-refractivity contribution is -0.116. The average Bonchev–Trinajstić information content (AvgIpc) is 3.09. The summed E-state index contributed by atoms with van der Waals surface area (Å²) in [6, 6.07) is 13.5. The number of carbonyl (C=O) groups is 1. The number of nitrogens with one attached hydrogen (secondary N) is 1. The summed E-state index contributed by atoms with van der Waals surface area (Å²) in [5, 5.41) is 2.86. The van der Waals surface area contributed by atoms with Gasteiger partial charge < -0.3 is 9.72 Å². The van der Waals surface area contributed by atoms with Gasteiger partial charge in [0.2, 0.25) is 5.91 Å². The minimum Gasteiger partial charge on any atom is -0.352 e. The number of nitrogens with zero attached hydrogens (tertiary/aromatic N) is 4. The third-order valence-corrected chi connectivity index (χ3v) is 3.97. The Hall–Kier alpha value is -3.54. The Morgan fingerprint density at radius 1 is 1.08 bits per heavy atom. The molecule has 0 radical (unpaired) electrons. The number of aromatic nitrogens is 4. The van der Waals surface area contributed by atoms with Crippen molar-refractivity contribution in [1.29, 1.82) is 0 Å². The van der Waals surface area contributed by atoms with Gasteiger partial charge in [0.05, 0.1) is 28.6 Å². The number of pyridine rings is 1. The van der Waals surface area contributed by atoms with E-state index in [-0.39, 0.29) is 5.91 Å². The maximum absolute atomic E-state index is 12.0. The van der Waals surface area contributed by atoms with Crippen LogP contribution in [0, 0.1) is 0 Å². The molecule has 26 heavy (non-hydrogen) atoms. The number of rotatable bonds is 5. The zero-order chi connectivity index (χ0) is 17.8. The van der Waals surface area contributed by atoms with Gasteiger partial charge >= 0.3 is 0 Å². The van der Waals surface area contributed by atoms with Crippen LogP contribution in [0.25, 0.3) is 22.8 Å². The van der Waals surface area contributed by atoms with E-state index in [2.05, 4.69) is 20.3 Å². The SMILES string of the molecule is O=C(/C=C/c1cnc2ccccc2n1)NCCc1cn2ccccc2n1. The maximum Gasteiger partial charge on any atom is 0.244 e. The predicted octanol–water partition coefficient (Wildman–Crippen LogP) is 2.65. The summed E-state index contributed by atoms with van der Waals surface area (Å²) in [5.41, 5.74) is 4.15. The molecule has 6 heteroatoms. The van der Waals surface area contributed by atoms with Crippen LogP contribution in [-0.2, 0) is 11.2 Å². The van der Waals surface area contributed by atoms with Crippen molar-refractivity contribution >= 4 is 28.7 Å². The molecule has 0 saturated heterocycles. The topological polar surface area (TPSA) is 72.2 Å². The number of amides is 1. The summed E-state index contributed by atoms with van der Waals surface area (Å²) in [7, 11) is 0. The van der Waals surface area contributed by atoms with E-state index in [9.17, 15) is 4.79 Å². The van der Waals surface area contributed by atoms with Gasteiger partial charge in [0.1, 0.15) is 5.65 Å². The normalized spacial score (nSPS) is 11.4. The smallest absolute Gasteiger partial charge is 0.244 e. The number of fused-ring (bicyclic) bond motifs is 2. The van der Waals surface area contributed by atoms with Crippen LogP contribution in [0.4, 0.5) is 0 Å². The van der Waals surface area contributed by atoms with Crippen LogP contribution in [-0.4, -0.2) is 31.8 Å².